The molecule has 164 valence electrons. The molecule has 30 heavy (non-hydrogen) atoms. The van der Waals surface area contributed by atoms with Gasteiger partial charge in [0.05, 0.1) is 13.2 Å². The highest BCUT2D eigenvalue weighted by atomic mass is 127. The Labute approximate surface area is 195 Å². The Bertz CT molecular complexity index is 814. The number of amides is 1. The standard InChI is InChI=1S/C22H30N4O3.HI/c1-4-24-22(25-16-17-8-5-9-18(14-17)21(27)23-2)26-19-10-6-11-20(15-19)29-13-7-12-28-3;/h5-6,8-11,14-15H,4,7,12-13,16H2,1-3H3,(H,23,27)(H2,24,25,26);1H. The van der Waals surface area contributed by atoms with Gasteiger partial charge in [0.25, 0.3) is 5.91 Å². The summed E-state index contributed by atoms with van der Waals surface area (Å²) in [5.74, 6) is 1.35. The second-order valence-electron chi connectivity index (χ2n) is 6.32. The van der Waals surface area contributed by atoms with Crippen LogP contribution < -0.4 is 20.7 Å². The molecule has 2 aromatic rings. The van der Waals surface area contributed by atoms with Gasteiger partial charge in [0, 0.05) is 51.0 Å². The Morgan fingerprint density at radius 3 is 2.63 bits per heavy atom. The van der Waals surface area contributed by atoms with E-state index < -0.39 is 0 Å². The van der Waals surface area contributed by atoms with E-state index in [4.69, 9.17) is 9.47 Å². The van der Waals surface area contributed by atoms with Gasteiger partial charge in [-0.25, -0.2) is 4.99 Å². The lowest BCUT2D eigenvalue weighted by molar-refractivity contribution is 0.0963. The van der Waals surface area contributed by atoms with Crippen LogP contribution in [0.25, 0.3) is 0 Å². The monoisotopic (exact) mass is 526 g/mol. The summed E-state index contributed by atoms with van der Waals surface area (Å²) >= 11 is 0. The van der Waals surface area contributed by atoms with Crippen LogP contribution >= 0.6 is 24.0 Å². The van der Waals surface area contributed by atoms with Crippen LogP contribution in [0, 0.1) is 0 Å². The Morgan fingerprint density at radius 1 is 1.10 bits per heavy atom. The third kappa shape index (κ3) is 9.00. The number of nitrogens with zero attached hydrogens (tertiary/aromatic N) is 1. The number of anilines is 1. The van der Waals surface area contributed by atoms with Gasteiger partial charge in [-0.3, -0.25) is 4.79 Å². The van der Waals surface area contributed by atoms with Crippen molar-refractivity contribution in [2.24, 2.45) is 4.99 Å². The average molecular weight is 526 g/mol. The number of hydrogen-bond donors (Lipinski definition) is 3. The lowest BCUT2D eigenvalue weighted by Gasteiger charge is -2.13. The van der Waals surface area contributed by atoms with Gasteiger partial charge in [0.15, 0.2) is 5.96 Å². The molecule has 0 heterocycles. The van der Waals surface area contributed by atoms with Crippen LogP contribution in [-0.4, -0.2) is 45.8 Å². The summed E-state index contributed by atoms with van der Waals surface area (Å²) < 4.78 is 10.8. The minimum absolute atomic E-state index is 0. The van der Waals surface area contributed by atoms with E-state index in [-0.39, 0.29) is 29.9 Å². The zero-order valence-corrected chi connectivity index (χ0v) is 20.1. The molecular formula is C22H31IN4O3. The Morgan fingerprint density at radius 2 is 1.90 bits per heavy atom. The van der Waals surface area contributed by atoms with Crippen molar-refractivity contribution in [3.05, 3.63) is 59.7 Å². The third-order valence-corrected chi connectivity index (χ3v) is 4.04. The van der Waals surface area contributed by atoms with E-state index in [0.717, 1.165) is 30.0 Å². The van der Waals surface area contributed by atoms with E-state index in [2.05, 4.69) is 20.9 Å². The molecule has 0 radical (unpaired) electrons. The molecule has 0 aromatic heterocycles. The van der Waals surface area contributed by atoms with Gasteiger partial charge >= 0.3 is 0 Å². The van der Waals surface area contributed by atoms with E-state index in [9.17, 15) is 4.79 Å². The number of ether oxygens (including phenoxy) is 2. The van der Waals surface area contributed by atoms with Crippen molar-refractivity contribution in [1.29, 1.82) is 0 Å². The molecule has 0 saturated heterocycles. The minimum atomic E-state index is -0.108. The first kappa shape index (κ1) is 25.7. The van der Waals surface area contributed by atoms with E-state index in [1.165, 1.54) is 0 Å². The summed E-state index contributed by atoms with van der Waals surface area (Å²) in [7, 11) is 3.30. The molecule has 0 saturated carbocycles. The van der Waals surface area contributed by atoms with Gasteiger partial charge in [-0.05, 0) is 36.8 Å². The molecule has 0 aliphatic heterocycles. The van der Waals surface area contributed by atoms with Crippen molar-refractivity contribution >= 4 is 41.5 Å². The summed E-state index contributed by atoms with van der Waals surface area (Å²) in [6, 6.07) is 15.2. The number of benzene rings is 2. The first-order chi connectivity index (χ1) is 14.2. The second-order valence-corrected chi connectivity index (χ2v) is 6.32. The SMILES string of the molecule is CCNC(=NCc1cccc(C(=O)NC)c1)Nc1cccc(OCCCOC)c1.I. The summed E-state index contributed by atoms with van der Waals surface area (Å²) in [5.41, 5.74) is 2.46. The predicted molar refractivity (Wildman–Crippen MR) is 132 cm³/mol. The molecule has 7 nitrogen and oxygen atoms in total. The topological polar surface area (TPSA) is 84.0 Å². The van der Waals surface area contributed by atoms with Crippen molar-refractivity contribution in [3.8, 4) is 5.75 Å². The molecule has 3 N–H and O–H groups in total. The van der Waals surface area contributed by atoms with Crippen LogP contribution in [0.15, 0.2) is 53.5 Å². The molecule has 0 unspecified atom stereocenters. The second kappa shape index (κ2) is 14.6. The highest BCUT2D eigenvalue weighted by molar-refractivity contribution is 14.0. The van der Waals surface area contributed by atoms with E-state index in [1.807, 2.05) is 49.4 Å². The van der Waals surface area contributed by atoms with E-state index in [0.29, 0.717) is 31.3 Å². The summed E-state index contributed by atoms with van der Waals surface area (Å²) in [6.45, 7) is 4.48. The molecule has 0 fully saturated rings. The van der Waals surface area contributed by atoms with Gasteiger partial charge < -0.3 is 25.4 Å². The third-order valence-electron chi connectivity index (χ3n) is 4.04. The number of carbonyl (C=O) groups excluding carboxylic acids is 1. The highest BCUT2D eigenvalue weighted by Crippen LogP contribution is 2.17. The average Bonchev–Trinajstić information content (AvgIpc) is 2.75. The zero-order chi connectivity index (χ0) is 20.9. The van der Waals surface area contributed by atoms with Crippen molar-refractivity contribution < 1.29 is 14.3 Å². The Balaban J connectivity index is 0.00000450. The van der Waals surface area contributed by atoms with Crippen LogP contribution in [-0.2, 0) is 11.3 Å². The van der Waals surface area contributed by atoms with Crippen LogP contribution in [0.1, 0.15) is 29.3 Å². The molecule has 8 heteroatoms. The first-order valence-corrected chi connectivity index (χ1v) is 9.74. The number of halogens is 1. The van der Waals surface area contributed by atoms with Crippen molar-refractivity contribution in [3.63, 3.8) is 0 Å². The number of nitrogens with one attached hydrogen (secondary N) is 3. The van der Waals surface area contributed by atoms with Crippen molar-refractivity contribution in [2.75, 3.05) is 39.2 Å². The van der Waals surface area contributed by atoms with Crippen LogP contribution in [0.4, 0.5) is 5.69 Å². The summed E-state index contributed by atoms with van der Waals surface area (Å²) in [6.07, 6.45) is 0.841. The highest BCUT2D eigenvalue weighted by Gasteiger charge is 2.05. The van der Waals surface area contributed by atoms with E-state index >= 15 is 0 Å². The summed E-state index contributed by atoms with van der Waals surface area (Å²) in [4.78, 5) is 16.4. The fourth-order valence-electron chi connectivity index (χ4n) is 2.63. The molecule has 2 rings (SSSR count). The van der Waals surface area contributed by atoms with Crippen LogP contribution in [0.2, 0.25) is 0 Å². The lowest BCUT2D eigenvalue weighted by atomic mass is 10.1. The number of aliphatic imine (C=N–C) groups is 1. The predicted octanol–water partition coefficient (Wildman–Crippen LogP) is 3.66. The first-order valence-electron chi connectivity index (χ1n) is 9.74. The van der Waals surface area contributed by atoms with Crippen molar-refractivity contribution in [2.45, 2.75) is 19.9 Å². The zero-order valence-electron chi connectivity index (χ0n) is 17.7. The fraction of sp³-hybridized carbons (Fsp3) is 0.364. The molecule has 0 bridgehead atoms. The maximum absolute atomic E-state index is 11.8. The number of guanidine groups is 1. The van der Waals surface area contributed by atoms with E-state index in [1.54, 1.807) is 20.2 Å². The minimum Gasteiger partial charge on any atom is -0.493 e. The molecule has 0 aliphatic rings. The Hall–Kier alpha value is -2.33. The fourth-order valence-corrected chi connectivity index (χ4v) is 2.63. The number of rotatable bonds is 10. The molecule has 1 amide bonds. The maximum Gasteiger partial charge on any atom is 0.251 e. The van der Waals surface area contributed by atoms with Gasteiger partial charge in [0.2, 0.25) is 0 Å². The maximum atomic E-state index is 11.8. The summed E-state index contributed by atoms with van der Waals surface area (Å²) in [5, 5.41) is 9.16. The molecule has 0 spiro atoms. The molecular weight excluding hydrogens is 495 g/mol. The normalized spacial score (nSPS) is 10.7. The Kier molecular flexibility index (Phi) is 12.5. The largest absolute Gasteiger partial charge is 0.493 e. The lowest BCUT2D eigenvalue weighted by Crippen LogP contribution is -2.30. The van der Waals surface area contributed by atoms with Crippen LogP contribution in [0.3, 0.4) is 0 Å². The van der Waals surface area contributed by atoms with Gasteiger partial charge in [-0.15, -0.1) is 24.0 Å². The van der Waals surface area contributed by atoms with Gasteiger partial charge in [0.1, 0.15) is 5.75 Å². The van der Waals surface area contributed by atoms with Crippen molar-refractivity contribution in [1.82, 2.24) is 10.6 Å². The number of carbonyl (C=O) groups is 1. The van der Waals surface area contributed by atoms with Gasteiger partial charge in [-0.1, -0.05) is 18.2 Å². The van der Waals surface area contributed by atoms with Gasteiger partial charge in [-0.2, -0.15) is 0 Å². The molecule has 0 atom stereocenters. The number of methoxy groups -OCH3 is 1. The molecule has 0 aliphatic carbocycles. The van der Waals surface area contributed by atoms with Crippen LogP contribution in [0.5, 0.6) is 5.75 Å². The number of hydrogen-bond acceptors (Lipinski definition) is 4. The quantitative estimate of drug-likeness (QED) is 0.191. The smallest absolute Gasteiger partial charge is 0.251 e. The molecule has 2 aromatic carbocycles.